The summed E-state index contributed by atoms with van der Waals surface area (Å²) in [7, 11) is 2.00. The fourth-order valence-corrected chi connectivity index (χ4v) is 2.50. The van der Waals surface area contributed by atoms with Gasteiger partial charge < -0.3 is 9.30 Å². The Morgan fingerprint density at radius 1 is 1.58 bits per heavy atom. The maximum atomic E-state index is 5.88. The maximum absolute atomic E-state index is 5.88. The molecule has 1 aromatic rings. The van der Waals surface area contributed by atoms with Crippen molar-refractivity contribution in [3.63, 3.8) is 0 Å². The summed E-state index contributed by atoms with van der Waals surface area (Å²) in [5.41, 5.74) is 2.89. The summed E-state index contributed by atoms with van der Waals surface area (Å²) < 4.78 is 7.90. The van der Waals surface area contributed by atoms with Crippen LogP contribution in [0.2, 0.25) is 0 Å². The molecule has 1 fully saturated rings. The zero-order chi connectivity index (χ0) is 13.8. The third kappa shape index (κ3) is 3.54. The van der Waals surface area contributed by atoms with E-state index in [2.05, 4.69) is 29.2 Å². The van der Waals surface area contributed by atoms with Crippen LogP contribution < -0.4 is 11.3 Å². The molecule has 19 heavy (non-hydrogen) atoms. The van der Waals surface area contributed by atoms with E-state index in [4.69, 9.17) is 10.6 Å². The van der Waals surface area contributed by atoms with Gasteiger partial charge in [-0.3, -0.25) is 16.2 Å². The molecule has 0 aliphatic carbocycles. The molecule has 3 N–H and O–H groups in total. The zero-order valence-electron chi connectivity index (χ0n) is 12.0. The van der Waals surface area contributed by atoms with Crippen LogP contribution in [-0.4, -0.2) is 52.3 Å². The minimum absolute atomic E-state index is 0.0858. The molecule has 2 rings (SSSR count). The second-order valence-electron chi connectivity index (χ2n) is 5.43. The van der Waals surface area contributed by atoms with Crippen LogP contribution >= 0.6 is 0 Å². The number of hydrazine groups is 1. The average molecular weight is 267 g/mol. The quantitative estimate of drug-likeness (QED) is 0.576. The van der Waals surface area contributed by atoms with E-state index in [1.165, 1.54) is 0 Å². The molecule has 1 aliphatic heterocycles. The van der Waals surface area contributed by atoms with Crippen LogP contribution in [0.15, 0.2) is 12.4 Å². The van der Waals surface area contributed by atoms with Crippen molar-refractivity contribution >= 4 is 0 Å². The van der Waals surface area contributed by atoms with Crippen LogP contribution in [0.5, 0.6) is 0 Å². The third-order valence-corrected chi connectivity index (χ3v) is 3.84. The summed E-state index contributed by atoms with van der Waals surface area (Å²) in [4.78, 5) is 6.78. The van der Waals surface area contributed by atoms with Crippen molar-refractivity contribution in [3.05, 3.63) is 18.2 Å². The van der Waals surface area contributed by atoms with E-state index in [-0.39, 0.29) is 12.1 Å². The molecular formula is C13H25N5O. The van der Waals surface area contributed by atoms with Gasteiger partial charge in [-0.25, -0.2) is 4.98 Å². The fraction of sp³-hybridized carbons (Fsp3) is 0.769. The predicted octanol–water partition coefficient (Wildman–Crippen LogP) is -0.0963. The number of morpholine rings is 1. The smallest absolute Gasteiger partial charge is 0.110 e. The standard InChI is InChI=1S/C13H25N5O/c1-10(2)18-6-7-19-12(9-18)11(16-14)8-13-15-4-5-17(13)3/h4-5,10-12,16H,6-9,14H2,1-3H3. The van der Waals surface area contributed by atoms with Gasteiger partial charge in [0, 0.05) is 45.0 Å². The first-order valence-electron chi connectivity index (χ1n) is 6.89. The number of hydrogen-bond donors (Lipinski definition) is 2. The number of aromatic nitrogens is 2. The van der Waals surface area contributed by atoms with E-state index in [1.807, 2.05) is 24.0 Å². The first kappa shape index (κ1) is 14.5. The molecule has 6 heteroatoms. The number of aryl methyl sites for hydroxylation is 1. The molecule has 0 radical (unpaired) electrons. The van der Waals surface area contributed by atoms with Crippen LogP contribution in [0, 0.1) is 0 Å². The minimum Gasteiger partial charge on any atom is -0.374 e. The van der Waals surface area contributed by atoms with Crippen molar-refractivity contribution < 1.29 is 4.74 Å². The lowest BCUT2D eigenvalue weighted by Gasteiger charge is -2.38. The third-order valence-electron chi connectivity index (χ3n) is 3.84. The molecule has 108 valence electrons. The Morgan fingerprint density at radius 3 is 2.95 bits per heavy atom. The van der Waals surface area contributed by atoms with E-state index in [0.717, 1.165) is 31.9 Å². The monoisotopic (exact) mass is 267 g/mol. The highest BCUT2D eigenvalue weighted by molar-refractivity contribution is 4.97. The SMILES string of the molecule is CC(C)N1CCOC(C(Cc2nccn2C)NN)C1. The molecular weight excluding hydrogens is 242 g/mol. The zero-order valence-corrected chi connectivity index (χ0v) is 12.0. The lowest BCUT2D eigenvalue weighted by Crippen LogP contribution is -2.56. The van der Waals surface area contributed by atoms with E-state index in [9.17, 15) is 0 Å². The lowest BCUT2D eigenvalue weighted by molar-refractivity contribution is -0.0556. The highest BCUT2D eigenvalue weighted by Gasteiger charge is 2.29. The van der Waals surface area contributed by atoms with Crippen molar-refractivity contribution in [2.24, 2.45) is 12.9 Å². The molecule has 2 unspecified atom stereocenters. The van der Waals surface area contributed by atoms with E-state index in [1.54, 1.807) is 0 Å². The Morgan fingerprint density at radius 2 is 2.37 bits per heavy atom. The Bertz CT molecular complexity index is 392. The Balaban J connectivity index is 1.99. The lowest BCUT2D eigenvalue weighted by atomic mass is 10.0. The first-order chi connectivity index (χ1) is 9.11. The average Bonchev–Trinajstić information content (AvgIpc) is 2.81. The van der Waals surface area contributed by atoms with Gasteiger partial charge in [-0.1, -0.05) is 0 Å². The molecule has 0 spiro atoms. The van der Waals surface area contributed by atoms with E-state index in [0.29, 0.717) is 6.04 Å². The van der Waals surface area contributed by atoms with Crippen LogP contribution in [0.25, 0.3) is 0 Å². The van der Waals surface area contributed by atoms with Gasteiger partial charge in [-0.2, -0.15) is 0 Å². The van der Waals surface area contributed by atoms with E-state index >= 15 is 0 Å². The number of nitrogens with one attached hydrogen (secondary N) is 1. The summed E-state index contributed by atoms with van der Waals surface area (Å²) in [5.74, 6) is 6.73. The topological polar surface area (TPSA) is 68.3 Å². The van der Waals surface area contributed by atoms with Gasteiger partial charge >= 0.3 is 0 Å². The van der Waals surface area contributed by atoms with Crippen molar-refractivity contribution in [2.45, 2.75) is 38.5 Å². The van der Waals surface area contributed by atoms with Crippen molar-refractivity contribution in [1.82, 2.24) is 19.9 Å². The Labute approximate surface area is 114 Å². The van der Waals surface area contributed by atoms with Crippen molar-refractivity contribution in [2.75, 3.05) is 19.7 Å². The van der Waals surface area contributed by atoms with Crippen LogP contribution in [0.4, 0.5) is 0 Å². The minimum atomic E-state index is 0.0858. The summed E-state index contributed by atoms with van der Waals surface area (Å²) in [6.07, 6.45) is 4.64. The van der Waals surface area contributed by atoms with E-state index < -0.39 is 0 Å². The maximum Gasteiger partial charge on any atom is 0.110 e. The van der Waals surface area contributed by atoms with Gasteiger partial charge in [0.25, 0.3) is 0 Å². The number of nitrogens with two attached hydrogens (primary N) is 1. The van der Waals surface area contributed by atoms with Crippen molar-refractivity contribution in [3.8, 4) is 0 Å². The number of nitrogens with zero attached hydrogens (tertiary/aromatic N) is 3. The van der Waals surface area contributed by atoms with Gasteiger partial charge in [0.1, 0.15) is 5.82 Å². The molecule has 1 aliphatic rings. The second-order valence-corrected chi connectivity index (χ2v) is 5.43. The number of rotatable bonds is 5. The molecule has 2 atom stereocenters. The Hall–Kier alpha value is -0.950. The van der Waals surface area contributed by atoms with Gasteiger partial charge in [0.2, 0.25) is 0 Å². The summed E-state index contributed by atoms with van der Waals surface area (Å²) in [6, 6.07) is 0.626. The summed E-state index contributed by atoms with van der Waals surface area (Å²) in [5, 5.41) is 0. The molecule has 0 amide bonds. The highest BCUT2D eigenvalue weighted by atomic mass is 16.5. The molecule has 6 nitrogen and oxygen atoms in total. The van der Waals surface area contributed by atoms with Crippen LogP contribution in [-0.2, 0) is 18.2 Å². The Kier molecular flexibility index (Phi) is 4.93. The van der Waals surface area contributed by atoms with Gasteiger partial charge in [0.05, 0.1) is 18.8 Å². The molecule has 1 aromatic heterocycles. The molecule has 2 heterocycles. The number of imidazole rings is 1. The number of ether oxygens (including phenoxy) is 1. The molecule has 1 saturated heterocycles. The van der Waals surface area contributed by atoms with Gasteiger partial charge in [-0.05, 0) is 13.8 Å². The van der Waals surface area contributed by atoms with Crippen molar-refractivity contribution in [1.29, 1.82) is 0 Å². The van der Waals surface area contributed by atoms with Gasteiger partial charge in [0.15, 0.2) is 0 Å². The normalized spacial score (nSPS) is 22.9. The molecule has 0 aromatic carbocycles. The van der Waals surface area contributed by atoms with Gasteiger partial charge in [-0.15, -0.1) is 0 Å². The predicted molar refractivity (Wildman–Crippen MR) is 74.5 cm³/mol. The first-order valence-corrected chi connectivity index (χ1v) is 6.89. The highest BCUT2D eigenvalue weighted by Crippen LogP contribution is 2.14. The largest absolute Gasteiger partial charge is 0.374 e. The second kappa shape index (κ2) is 6.47. The molecule has 0 bridgehead atoms. The summed E-state index contributed by atoms with van der Waals surface area (Å²) >= 11 is 0. The molecule has 0 saturated carbocycles. The fourth-order valence-electron chi connectivity index (χ4n) is 2.50. The number of hydrogen-bond acceptors (Lipinski definition) is 5. The summed E-state index contributed by atoms with van der Waals surface area (Å²) in [6.45, 7) is 7.10. The van der Waals surface area contributed by atoms with Crippen LogP contribution in [0.1, 0.15) is 19.7 Å². The van der Waals surface area contributed by atoms with Crippen LogP contribution in [0.3, 0.4) is 0 Å².